The molecule has 3 rings (SSSR count). The first-order chi connectivity index (χ1) is 11.4. The number of amides is 1. The van der Waals surface area contributed by atoms with Crippen LogP contribution in [0.5, 0.6) is 0 Å². The molecule has 2 aromatic heterocycles. The number of carbonyl (C=O) groups is 1. The van der Waals surface area contributed by atoms with Gasteiger partial charge in [-0.3, -0.25) is 9.48 Å². The van der Waals surface area contributed by atoms with Crippen molar-refractivity contribution in [1.82, 2.24) is 19.6 Å². The summed E-state index contributed by atoms with van der Waals surface area (Å²) in [6.07, 6.45) is 4.04. The molecule has 7 heteroatoms. The predicted molar refractivity (Wildman–Crippen MR) is 94.4 cm³/mol. The van der Waals surface area contributed by atoms with Crippen LogP contribution in [0.15, 0.2) is 6.20 Å². The van der Waals surface area contributed by atoms with E-state index in [9.17, 15) is 4.79 Å². The zero-order valence-corrected chi connectivity index (χ0v) is 15.4. The molecule has 0 saturated carbocycles. The van der Waals surface area contributed by atoms with Crippen molar-refractivity contribution in [3.63, 3.8) is 0 Å². The summed E-state index contributed by atoms with van der Waals surface area (Å²) in [5.74, 6) is 1.30. The normalized spacial score (nSPS) is 17.2. The lowest BCUT2D eigenvalue weighted by atomic mass is 9.87. The Morgan fingerprint density at radius 1 is 1.46 bits per heavy atom. The summed E-state index contributed by atoms with van der Waals surface area (Å²) in [5, 5.41) is 12.6. The van der Waals surface area contributed by atoms with Crippen molar-refractivity contribution in [1.29, 1.82) is 0 Å². The Balaban J connectivity index is 2.03. The molecule has 0 bridgehead atoms. The number of anilines is 1. The van der Waals surface area contributed by atoms with Gasteiger partial charge in [-0.1, -0.05) is 32.4 Å². The monoisotopic (exact) mass is 349 g/mol. The number of nitrogens with one attached hydrogen (secondary N) is 1. The highest BCUT2D eigenvalue weighted by molar-refractivity contribution is 6.30. The highest BCUT2D eigenvalue weighted by Crippen LogP contribution is 2.41. The summed E-state index contributed by atoms with van der Waals surface area (Å²) in [5.41, 5.74) is 2.94. The zero-order valence-electron chi connectivity index (χ0n) is 14.6. The molecule has 0 saturated heterocycles. The van der Waals surface area contributed by atoms with E-state index in [0.29, 0.717) is 17.5 Å². The van der Waals surface area contributed by atoms with E-state index in [1.165, 1.54) is 0 Å². The molecule has 0 fully saturated rings. The Hall–Kier alpha value is -1.82. The number of hydrogen-bond donors (Lipinski definition) is 1. The number of fused-ring (bicyclic) bond motifs is 1. The fraction of sp³-hybridized carbons (Fsp3) is 0.588. The van der Waals surface area contributed by atoms with Gasteiger partial charge in [0, 0.05) is 37.1 Å². The third kappa shape index (κ3) is 2.95. The van der Waals surface area contributed by atoms with Gasteiger partial charge in [0.25, 0.3) is 0 Å². The minimum Gasteiger partial charge on any atom is -0.311 e. The molecule has 1 aliphatic heterocycles. The van der Waals surface area contributed by atoms with Gasteiger partial charge in [-0.05, 0) is 18.8 Å². The molecular weight excluding hydrogens is 326 g/mol. The maximum absolute atomic E-state index is 12.3. The molecule has 2 aromatic rings. The Bertz CT molecular complexity index is 761. The lowest BCUT2D eigenvalue weighted by molar-refractivity contribution is -0.116. The molecular formula is C17H24ClN5O. The molecule has 0 aliphatic carbocycles. The molecule has 0 radical (unpaired) electrons. The molecule has 0 aromatic carbocycles. The van der Waals surface area contributed by atoms with E-state index in [0.717, 1.165) is 42.0 Å². The van der Waals surface area contributed by atoms with E-state index >= 15 is 0 Å². The van der Waals surface area contributed by atoms with Crippen molar-refractivity contribution < 1.29 is 4.79 Å². The Morgan fingerprint density at radius 3 is 2.88 bits per heavy atom. The van der Waals surface area contributed by atoms with Crippen LogP contribution in [0, 0.1) is 5.92 Å². The molecule has 24 heavy (non-hydrogen) atoms. The van der Waals surface area contributed by atoms with E-state index < -0.39 is 0 Å². The van der Waals surface area contributed by atoms with Crippen LogP contribution in [0.4, 0.5) is 5.82 Å². The smallest absolute Gasteiger partial charge is 0.226 e. The summed E-state index contributed by atoms with van der Waals surface area (Å²) in [6, 6.07) is 0. The third-order valence-corrected chi connectivity index (χ3v) is 5.03. The highest BCUT2D eigenvalue weighted by atomic mass is 35.5. The number of aryl methyl sites for hydroxylation is 3. The van der Waals surface area contributed by atoms with Gasteiger partial charge in [0.2, 0.25) is 5.91 Å². The van der Waals surface area contributed by atoms with E-state index in [4.69, 9.17) is 11.6 Å². The molecule has 1 N–H and O–H groups in total. The number of halogens is 1. The second-order valence-corrected chi connectivity index (χ2v) is 7.15. The number of nitrogens with zero attached hydrogens (tertiary/aromatic N) is 4. The minimum atomic E-state index is -0.0855. The van der Waals surface area contributed by atoms with Crippen LogP contribution in [0.1, 0.15) is 56.4 Å². The number of hydrogen-bond acceptors (Lipinski definition) is 3. The first-order valence-corrected chi connectivity index (χ1v) is 8.86. The molecule has 1 aliphatic rings. The first-order valence-electron chi connectivity index (χ1n) is 8.49. The number of aromatic nitrogens is 4. The van der Waals surface area contributed by atoms with Crippen LogP contribution in [-0.4, -0.2) is 25.5 Å². The summed E-state index contributed by atoms with van der Waals surface area (Å²) in [7, 11) is 1.83. The van der Waals surface area contributed by atoms with Gasteiger partial charge in [0.05, 0.1) is 11.9 Å². The van der Waals surface area contributed by atoms with Crippen LogP contribution in [0.25, 0.3) is 0 Å². The van der Waals surface area contributed by atoms with E-state index in [2.05, 4.69) is 36.3 Å². The van der Waals surface area contributed by atoms with Crippen molar-refractivity contribution in [3.8, 4) is 0 Å². The zero-order chi connectivity index (χ0) is 17.4. The summed E-state index contributed by atoms with van der Waals surface area (Å²) in [4.78, 5) is 12.3. The average molecular weight is 350 g/mol. The fourth-order valence-corrected chi connectivity index (χ4v) is 3.53. The maximum atomic E-state index is 12.3. The van der Waals surface area contributed by atoms with Crippen LogP contribution >= 0.6 is 11.6 Å². The summed E-state index contributed by atoms with van der Waals surface area (Å²) in [6.45, 7) is 7.21. The van der Waals surface area contributed by atoms with Crippen molar-refractivity contribution in [2.24, 2.45) is 13.0 Å². The van der Waals surface area contributed by atoms with Gasteiger partial charge >= 0.3 is 0 Å². The van der Waals surface area contributed by atoms with Crippen LogP contribution < -0.4 is 5.32 Å². The van der Waals surface area contributed by atoms with Gasteiger partial charge in [0.1, 0.15) is 11.0 Å². The number of rotatable bonds is 5. The molecule has 6 nitrogen and oxygen atoms in total. The Kier molecular flexibility index (Phi) is 4.67. The predicted octanol–water partition coefficient (Wildman–Crippen LogP) is 3.35. The summed E-state index contributed by atoms with van der Waals surface area (Å²) >= 11 is 6.49. The second kappa shape index (κ2) is 6.59. The van der Waals surface area contributed by atoms with Crippen molar-refractivity contribution in [2.75, 3.05) is 5.32 Å². The molecule has 3 heterocycles. The SMILES string of the molecule is CCc1nn(C)c(Cl)c1[C@H]1CC(=O)Nc2c1cnn2CCC(C)C. The topological polar surface area (TPSA) is 64.7 Å². The minimum absolute atomic E-state index is 0.000713. The first kappa shape index (κ1) is 17.0. The quantitative estimate of drug-likeness (QED) is 0.900. The molecule has 130 valence electrons. The van der Waals surface area contributed by atoms with Crippen LogP contribution in [-0.2, 0) is 24.8 Å². The van der Waals surface area contributed by atoms with Gasteiger partial charge in [-0.2, -0.15) is 10.2 Å². The van der Waals surface area contributed by atoms with Crippen molar-refractivity contribution >= 4 is 23.3 Å². The van der Waals surface area contributed by atoms with E-state index in [1.807, 2.05) is 17.9 Å². The fourth-order valence-electron chi connectivity index (χ4n) is 3.26. The summed E-state index contributed by atoms with van der Waals surface area (Å²) < 4.78 is 3.58. The molecule has 1 atom stereocenters. The average Bonchev–Trinajstić information content (AvgIpc) is 3.06. The number of carbonyl (C=O) groups excluding carboxylic acids is 1. The lowest BCUT2D eigenvalue weighted by Gasteiger charge is -2.24. The molecule has 0 unspecified atom stereocenters. The third-order valence-electron chi connectivity index (χ3n) is 4.58. The standard InChI is InChI=1S/C17H24ClN5O/c1-5-13-15(16(18)22(4)21-13)11-8-14(24)20-17-12(11)9-19-23(17)7-6-10(2)3/h9-11H,5-8H2,1-4H3,(H,20,24)/t11-/m0/s1. The Labute approximate surface area is 147 Å². The van der Waals surface area contributed by atoms with Gasteiger partial charge in [-0.25, -0.2) is 4.68 Å². The van der Waals surface area contributed by atoms with Gasteiger partial charge in [0.15, 0.2) is 0 Å². The Morgan fingerprint density at radius 2 is 2.21 bits per heavy atom. The second-order valence-electron chi connectivity index (χ2n) is 6.79. The molecule has 1 amide bonds. The van der Waals surface area contributed by atoms with Gasteiger partial charge in [-0.15, -0.1) is 0 Å². The van der Waals surface area contributed by atoms with Crippen LogP contribution in [0.2, 0.25) is 5.15 Å². The van der Waals surface area contributed by atoms with Crippen molar-refractivity contribution in [3.05, 3.63) is 28.2 Å². The maximum Gasteiger partial charge on any atom is 0.226 e. The molecule has 0 spiro atoms. The van der Waals surface area contributed by atoms with Crippen molar-refractivity contribution in [2.45, 2.75) is 52.5 Å². The van der Waals surface area contributed by atoms with E-state index in [-0.39, 0.29) is 11.8 Å². The van der Waals surface area contributed by atoms with Gasteiger partial charge < -0.3 is 5.32 Å². The lowest BCUT2D eigenvalue weighted by Crippen LogP contribution is -2.25. The highest BCUT2D eigenvalue weighted by Gasteiger charge is 2.34. The van der Waals surface area contributed by atoms with E-state index in [1.54, 1.807) is 4.68 Å². The van der Waals surface area contributed by atoms with Crippen LogP contribution in [0.3, 0.4) is 0 Å². The largest absolute Gasteiger partial charge is 0.311 e.